The van der Waals surface area contributed by atoms with Crippen LogP contribution in [0.2, 0.25) is 0 Å². The van der Waals surface area contributed by atoms with Crippen LogP contribution in [0.15, 0.2) is 30.3 Å². The molecule has 1 N–H and O–H groups in total. The van der Waals surface area contributed by atoms with Crippen LogP contribution in [-0.2, 0) is 19.1 Å². The number of rotatable bonds is 5. The Morgan fingerprint density at radius 2 is 2.00 bits per heavy atom. The Kier molecular flexibility index (Phi) is 3.72. The molecule has 0 radical (unpaired) electrons. The molecule has 0 aliphatic carbocycles. The van der Waals surface area contributed by atoms with Crippen molar-refractivity contribution >= 4 is 0 Å². The maximum Gasteiger partial charge on any atom is 0.178 e. The fourth-order valence-corrected chi connectivity index (χ4v) is 2.15. The van der Waals surface area contributed by atoms with Crippen molar-refractivity contribution in [2.24, 2.45) is 7.05 Å². The largest absolute Gasteiger partial charge is 0.385 e. The molecule has 0 saturated carbocycles. The Labute approximate surface area is 106 Å². The molecular weight excluding hydrogens is 228 g/mol. The first-order chi connectivity index (χ1) is 8.64. The summed E-state index contributed by atoms with van der Waals surface area (Å²) in [6, 6.07) is 9.68. The zero-order valence-corrected chi connectivity index (χ0v) is 10.7. The second kappa shape index (κ2) is 5.27. The van der Waals surface area contributed by atoms with E-state index in [9.17, 15) is 5.11 Å². The van der Waals surface area contributed by atoms with Gasteiger partial charge in [-0.2, -0.15) is 4.80 Å². The zero-order chi connectivity index (χ0) is 13.0. The van der Waals surface area contributed by atoms with Crippen molar-refractivity contribution in [3.63, 3.8) is 0 Å². The van der Waals surface area contributed by atoms with E-state index >= 15 is 0 Å². The zero-order valence-electron chi connectivity index (χ0n) is 10.7. The lowest BCUT2D eigenvalue weighted by atomic mass is 9.86. The van der Waals surface area contributed by atoms with Crippen LogP contribution in [0.25, 0.3) is 0 Å². The molecule has 0 spiro atoms. The lowest BCUT2D eigenvalue weighted by Crippen LogP contribution is -2.29. The number of tetrazole rings is 1. The third-order valence-corrected chi connectivity index (χ3v) is 2.98. The number of aromatic nitrogens is 4. The Bertz CT molecular complexity index is 497. The number of aliphatic hydroxyl groups is 1. The van der Waals surface area contributed by atoms with Crippen LogP contribution in [0.3, 0.4) is 0 Å². The van der Waals surface area contributed by atoms with Gasteiger partial charge in [0.25, 0.3) is 0 Å². The van der Waals surface area contributed by atoms with Gasteiger partial charge >= 0.3 is 0 Å². The summed E-state index contributed by atoms with van der Waals surface area (Å²) < 4.78 is 0. The Morgan fingerprint density at radius 1 is 1.28 bits per heavy atom. The number of benzene rings is 1. The number of hydrogen-bond acceptors (Lipinski definition) is 4. The second-order valence-corrected chi connectivity index (χ2v) is 4.52. The maximum absolute atomic E-state index is 10.8. The topological polar surface area (TPSA) is 63.8 Å². The normalized spacial score (nSPS) is 14.4. The molecule has 2 rings (SSSR count). The molecule has 1 heterocycles. The summed E-state index contributed by atoms with van der Waals surface area (Å²) >= 11 is 0. The van der Waals surface area contributed by atoms with Crippen LogP contribution in [0.5, 0.6) is 0 Å². The van der Waals surface area contributed by atoms with Crippen LogP contribution in [-0.4, -0.2) is 25.3 Å². The fourth-order valence-electron chi connectivity index (χ4n) is 2.15. The average Bonchev–Trinajstić information content (AvgIpc) is 2.76. The monoisotopic (exact) mass is 246 g/mol. The first-order valence-electron chi connectivity index (χ1n) is 6.15. The Hall–Kier alpha value is -1.75. The van der Waals surface area contributed by atoms with Crippen LogP contribution >= 0.6 is 0 Å². The van der Waals surface area contributed by atoms with E-state index in [1.54, 1.807) is 7.05 Å². The van der Waals surface area contributed by atoms with Gasteiger partial charge in [-0.05, 0) is 17.2 Å². The third kappa shape index (κ3) is 2.73. The van der Waals surface area contributed by atoms with E-state index in [-0.39, 0.29) is 0 Å². The second-order valence-electron chi connectivity index (χ2n) is 4.52. The van der Waals surface area contributed by atoms with Crippen molar-refractivity contribution in [2.45, 2.75) is 31.8 Å². The highest BCUT2D eigenvalue weighted by molar-refractivity contribution is 5.23. The molecule has 1 aromatic carbocycles. The molecule has 0 saturated heterocycles. The highest BCUT2D eigenvalue weighted by atomic mass is 16.3. The molecule has 5 heteroatoms. The van der Waals surface area contributed by atoms with E-state index in [1.807, 2.05) is 30.3 Å². The molecule has 1 unspecified atom stereocenters. The minimum Gasteiger partial charge on any atom is -0.385 e. The SMILES string of the molecule is CCCC(O)(Cc1nnn(C)n1)c1ccccc1. The number of aryl methyl sites for hydroxylation is 1. The number of nitrogens with zero attached hydrogens (tertiary/aromatic N) is 4. The third-order valence-electron chi connectivity index (χ3n) is 2.98. The van der Waals surface area contributed by atoms with Crippen LogP contribution in [0, 0.1) is 0 Å². The van der Waals surface area contributed by atoms with Crippen LogP contribution < -0.4 is 0 Å². The van der Waals surface area contributed by atoms with Crippen LogP contribution in [0.1, 0.15) is 31.2 Å². The molecule has 0 fully saturated rings. The molecule has 0 aliphatic heterocycles. The van der Waals surface area contributed by atoms with Crippen molar-refractivity contribution in [2.75, 3.05) is 0 Å². The Balaban J connectivity index is 2.26. The predicted molar refractivity (Wildman–Crippen MR) is 67.7 cm³/mol. The maximum atomic E-state index is 10.8. The van der Waals surface area contributed by atoms with Gasteiger partial charge in [-0.15, -0.1) is 10.2 Å². The quantitative estimate of drug-likeness (QED) is 0.867. The fraction of sp³-hybridized carbons (Fsp3) is 0.462. The first kappa shape index (κ1) is 12.7. The van der Waals surface area contributed by atoms with E-state index in [0.29, 0.717) is 18.7 Å². The smallest absolute Gasteiger partial charge is 0.178 e. The van der Waals surface area contributed by atoms with E-state index < -0.39 is 5.60 Å². The molecule has 2 aromatic rings. The molecule has 0 amide bonds. The van der Waals surface area contributed by atoms with Gasteiger partial charge in [0, 0.05) is 6.42 Å². The summed E-state index contributed by atoms with van der Waals surface area (Å²) in [7, 11) is 1.72. The summed E-state index contributed by atoms with van der Waals surface area (Å²) in [6.45, 7) is 2.05. The van der Waals surface area contributed by atoms with E-state index in [4.69, 9.17) is 0 Å². The van der Waals surface area contributed by atoms with Gasteiger partial charge in [0.15, 0.2) is 5.82 Å². The Morgan fingerprint density at radius 3 is 2.56 bits per heavy atom. The highest BCUT2D eigenvalue weighted by Gasteiger charge is 2.30. The summed E-state index contributed by atoms with van der Waals surface area (Å²) in [6.07, 6.45) is 1.96. The minimum absolute atomic E-state index is 0.388. The van der Waals surface area contributed by atoms with E-state index in [1.165, 1.54) is 4.80 Å². The molecule has 1 aromatic heterocycles. The van der Waals surface area contributed by atoms with Gasteiger partial charge in [-0.1, -0.05) is 43.7 Å². The van der Waals surface area contributed by atoms with E-state index in [2.05, 4.69) is 22.3 Å². The van der Waals surface area contributed by atoms with Gasteiger partial charge in [-0.25, -0.2) is 0 Å². The molecular formula is C13H18N4O. The molecule has 18 heavy (non-hydrogen) atoms. The van der Waals surface area contributed by atoms with Crippen molar-refractivity contribution in [1.82, 2.24) is 20.2 Å². The molecule has 0 aliphatic rings. The summed E-state index contributed by atoms with van der Waals surface area (Å²) in [4.78, 5) is 1.41. The van der Waals surface area contributed by atoms with Crippen LogP contribution in [0.4, 0.5) is 0 Å². The van der Waals surface area contributed by atoms with Gasteiger partial charge < -0.3 is 5.11 Å². The predicted octanol–water partition coefficient (Wildman–Crippen LogP) is 1.44. The van der Waals surface area contributed by atoms with Gasteiger partial charge in [0.2, 0.25) is 0 Å². The first-order valence-corrected chi connectivity index (χ1v) is 6.15. The minimum atomic E-state index is -0.918. The molecule has 96 valence electrons. The number of hydrogen-bond donors (Lipinski definition) is 1. The molecule has 0 bridgehead atoms. The summed E-state index contributed by atoms with van der Waals surface area (Å²) in [5.41, 5.74) is -0.0155. The highest BCUT2D eigenvalue weighted by Crippen LogP contribution is 2.29. The van der Waals surface area contributed by atoms with Gasteiger partial charge in [0.1, 0.15) is 0 Å². The summed E-state index contributed by atoms with van der Waals surface area (Å²) in [5.74, 6) is 0.567. The van der Waals surface area contributed by atoms with Crippen molar-refractivity contribution in [1.29, 1.82) is 0 Å². The van der Waals surface area contributed by atoms with E-state index in [0.717, 1.165) is 12.0 Å². The summed E-state index contributed by atoms with van der Waals surface area (Å²) in [5, 5.41) is 22.7. The molecule has 1 atom stereocenters. The lowest BCUT2D eigenvalue weighted by Gasteiger charge is -2.27. The van der Waals surface area contributed by atoms with Crippen molar-refractivity contribution in [3.05, 3.63) is 41.7 Å². The van der Waals surface area contributed by atoms with Crippen molar-refractivity contribution < 1.29 is 5.11 Å². The standard InChI is InChI=1S/C13H18N4O/c1-3-9-13(18,11-7-5-4-6-8-11)10-12-14-16-17(2)15-12/h4-8,18H,3,9-10H2,1-2H3. The van der Waals surface area contributed by atoms with Gasteiger partial charge in [0.05, 0.1) is 12.6 Å². The van der Waals surface area contributed by atoms with Gasteiger partial charge in [-0.3, -0.25) is 0 Å². The average molecular weight is 246 g/mol. The lowest BCUT2D eigenvalue weighted by molar-refractivity contribution is 0.0249. The molecule has 5 nitrogen and oxygen atoms in total. The van der Waals surface area contributed by atoms with Crippen molar-refractivity contribution in [3.8, 4) is 0 Å².